The molecule has 0 saturated heterocycles. The van der Waals surface area contributed by atoms with Crippen molar-refractivity contribution in [2.24, 2.45) is 0 Å². The van der Waals surface area contributed by atoms with Gasteiger partial charge >= 0.3 is 13.2 Å². The average Bonchev–Trinajstić information content (AvgIpc) is 2.70. The van der Waals surface area contributed by atoms with Gasteiger partial charge in [0.2, 0.25) is 0 Å². The molecule has 0 spiro atoms. The van der Waals surface area contributed by atoms with Crippen molar-refractivity contribution in [3.8, 4) is 17.2 Å². The van der Waals surface area contributed by atoms with Crippen molar-refractivity contribution in [1.82, 2.24) is 0 Å². The Balaban J connectivity index is 2.28. The lowest BCUT2D eigenvalue weighted by atomic mass is 10.0. The molecule has 2 aromatic carbocycles. The van der Waals surface area contributed by atoms with Gasteiger partial charge in [0, 0.05) is 11.3 Å². The van der Waals surface area contributed by atoms with Gasteiger partial charge in [-0.1, -0.05) is 13.8 Å². The van der Waals surface area contributed by atoms with E-state index in [1.165, 1.54) is 0 Å². The molecule has 8 heteroatoms. The lowest BCUT2D eigenvalue weighted by Crippen LogP contribution is -2.14. The monoisotopic (exact) mass is 449 g/mol. The lowest BCUT2D eigenvalue weighted by molar-refractivity contribution is 0.212. The second-order valence-electron chi connectivity index (χ2n) is 7.36. The molecule has 0 radical (unpaired) electrons. The molecule has 0 aliphatic heterocycles. The molecule has 0 unspecified atom stereocenters. The Morgan fingerprint density at radius 3 is 2.10 bits per heavy atom. The molecule has 0 aliphatic carbocycles. The number of carbonyl (C=O) groups excluding carboxylic acids is 1. The molecule has 2 aromatic rings. The maximum atomic E-state index is 12.6. The maximum Gasteiger partial charge on any atom is 0.418 e. The van der Waals surface area contributed by atoms with E-state index in [0.717, 1.165) is 22.4 Å². The number of nitrogens with one attached hydrogen (secondary N) is 1. The van der Waals surface area contributed by atoms with Crippen molar-refractivity contribution in [2.45, 2.75) is 47.5 Å². The number of aryl methyl sites for hydroxylation is 2. The number of anilines is 1. The van der Waals surface area contributed by atoms with E-state index in [9.17, 15) is 9.36 Å². The first-order valence-electron chi connectivity index (χ1n) is 10.3. The van der Waals surface area contributed by atoms with Crippen LogP contribution in [0, 0.1) is 13.8 Å². The summed E-state index contributed by atoms with van der Waals surface area (Å²) in [6.07, 6.45) is 0. The normalized spacial score (nSPS) is 11.5. The number of rotatable bonds is 10. The Kier molecular flexibility index (Phi) is 8.69. The quantitative estimate of drug-likeness (QED) is 0.392. The van der Waals surface area contributed by atoms with E-state index >= 15 is 0 Å². The van der Waals surface area contributed by atoms with E-state index in [4.69, 9.17) is 18.5 Å². The standard InChI is InChI=1S/C23H32NO6P/c1-8-28-31(26,29-9-2)23(25)24-18-12-16(5)22(17(6)13-18)30-19-10-11-21(27-7)20(14-19)15(3)4/h10-15H,8-9H2,1-7H3,(H,24,25). The molecule has 1 N–H and O–H groups in total. The van der Waals surface area contributed by atoms with E-state index in [0.29, 0.717) is 17.2 Å². The van der Waals surface area contributed by atoms with Crippen LogP contribution in [-0.2, 0) is 13.6 Å². The minimum atomic E-state index is -3.89. The van der Waals surface area contributed by atoms with Crippen LogP contribution in [0.1, 0.15) is 50.3 Å². The molecular weight excluding hydrogens is 417 g/mol. The first-order chi connectivity index (χ1) is 14.6. The number of ether oxygens (including phenoxy) is 2. The highest BCUT2D eigenvalue weighted by atomic mass is 31.2. The van der Waals surface area contributed by atoms with Crippen LogP contribution in [0.3, 0.4) is 0 Å². The van der Waals surface area contributed by atoms with Crippen LogP contribution in [0.2, 0.25) is 0 Å². The molecule has 0 saturated carbocycles. The minimum absolute atomic E-state index is 0.107. The summed E-state index contributed by atoms with van der Waals surface area (Å²) in [5.74, 6) is 2.49. The van der Waals surface area contributed by atoms with Crippen LogP contribution in [0.5, 0.6) is 17.2 Å². The fraction of sp³-hybridized carbons (Fsp3) is 0.435. The molecule has 0 fully saturated rings. The predicted molar refractivity (Wildman–Crippen MR) is 123 cm³/mol. The van der Waals surface area contributed by atoms with Gasteiger partial charge in [0.25, 0.3) is 0 Å². The second kappa shape index (κ2) is 10.8. The topological polar surface area (TPSA) is 83.1 Å². The van der Waals surface area contributed by atoms with E-state index in [-0.39, 0.29) is 19.1 Å². The zero-order valence-corrected chi connectivity index (χ0v) is 20.2. The SMILES string of the molecule is CCOP(=O)(OCC)C(=O)Nc1cc(C)c(Oc2ccc(OC)c(C(C)C)c2)c(C)c1. The Morgan fingerprint density at radius 2 is 1.61 bits per heavy atom. The number of amides is 1. The molecule has 0 aliphatic rings. The fourth-order valence-electron chi connectivity index (χ4n) is 3.21. The van der Waals surface area contributed by atoms with Crippen molar-refractivity contribution in [2.75, 3.05) is 25.6 Å². The van der Waals surface area contributed by atoms with Gasteiger partial charge in [0.1, 0.15) is 17.2 Å². The van der Waals surface area contributed by atoms with Gasteiger partial charge in [0.15, 0.2) is 0 Å². The molecule has 170 valence electrons. The van der Waals surface area contributed by atoms with Crippen LogP contribution < -0.4 is 14.8 Å². The highest BCUT2D eigenvalue weighted by Crippen LogP contribution is 2.49. The van der Waals surface area contributed by atoms with Gasteiger partial charge in [0.05, 0.1) is 20.3 Å². The van der Waals surface area contributed by atoms with Crippen LogP contribution in [0.25, 0.3) is 0 Å². The third-order valence-corrected chi connectivity index (χ3v) is 6.41. The highest BCUT2D eigenvalue weighted by molar-refractivity contribution is 7.72. The third-order valence-electron chi connectivity index (χ3n) is 4.60. The Bertz CT molecular complexity index is 940. The largest absolute Gasteiger partial charge is 0.496 e. The number of methoxy groups -OCH3 is 1. The fourth-order valence-corrected chi connectivity index (χ4v) is 4.47. The molecule has 2 rings (SSSR count). The molecule has 7 nitrogen and oxygen atoms in total. The van der Waals surface area contributed by atoms with Gasteiger partial charge in [-0.05, 0) is 75.1 Å². The molecule has 31 heavy (non-hydrogen) atoms. The number of hydrogen-bond donors (Lipinski definition) is 1. The van der Waals surface area contributed by atoms with Crippen LogP contribution in [-0.4, -0.2) is 26.0 Å². The van der Waals surface area contributed by atoms with E-state index < -0.39 is 13.2 Å². The minimum Gasteiger partial charge on any atom is -0.496 e. The Labute approximate surface area is 184 Å². The van der Waals surface area contributed by atoms with Crippen molar-refractivity contribution < 1.29 is 27.9 Å². The summed E-state index contributed by atoms with van der Waals surface area (Å²) in [6.45, 7) is 11.5. The van der Waals surface area contributed by atoms with Crippen molar-refractivity contribution in [3.05, 3.63) is 47.0 Å². The molecule has 0 heterocycles. The van der Waals surface area contributed by atoms with E-state index in [2.05, 4.69) is 19.2 Å². The number of benzene rings is 2. The summed E-state index contributed by atoms with van der Waals surface area (Å²) >= 11 is 0. The maximum absolute atomic E-state index is 12.6. The molecule has 0 atom stereocenters. The van der Waals surface area contributed by atoms with Gasteiger partial charge in [-0.3, -0.25) is 4.79 Å². The zero-order chi connectivity index (χ0) is 23.2. The Morgan fingerprint density at radius 1 is 1.03 bits per heavy atom. The molecule has 1 amide bonds. The van der Waals surface area contributed by atoms with Crippen molar-refractivity contribution in [1.29, 1.82) is 0 Å². The van der Waals surface area contributed by atoms with E-state index in [1.807, 2.05) is 32.0 Å². The third kappa shape index (κ3) is 6.10. The number of hydrogen-bond acceptors (Lipinski definition) is 6. The Hall–Kier alpha value is -2.34. The summed E-state index contributed by atoms with van der Waals surface area (Å²) in [5.41, 5.74) is 2.39. The zero-order valence-electron chi connectivity index (χ0n) is 19.3. The smallest absolute Gasteiger partial charge is 0.418 e. The van der Waals surface area contributed by atoms with Gasteiger partial charge in [-0.15, -0.1) is 0 Å². The van der Waals surface area contributed by atoms with Crippen LogP contribution >= 0.6 is 7.60 Å². The van der Waals surface area contributed by atoms with Crippen molar-refractivity contribution >= 4 is 18.9 Å². The van der Waals surface area contributed by atoms with Gasteiger partial charge < -0.3 is 23.8 Å². The summed E-state index contributed by atoms with van der Waals surface area (Å²) in [5, 5.41) is 2.64. The molecule has 0 aromatic heterocycles. The summed E-state index contributed by atoms with van der Waals surface area (Å²) in [6, 6.07) is 9.24. The molecular formula is C23H32NO6P. The first kappa shape index (κ1) is 24.9. The second-order valence-corrected chi connectivity index (χ2v) is 9.28. The van der Waals surface area contributed by atoms with Crippen LogP contribution in [0.15, 0.2) is 30.3 Å². The molecule has 0 bridgehead atoms. The number of carbonyl (C=O) groups is 1. The van der Waals surface area contributed by atoms with Crippen molar-refractivity contribution in [3.63, 3.8) is 0 Å². The predicted octanol–water partition coefficient (Wildman–Crippen LogP) is 7.03. The summed E-state index contributed by atoms with van der Waals surface area (Å²) in [4.78, 5) is 12.5. The summed E-state index contributed by atoms with van der Waals surface area (Å²) in [7, 11) is -2.24. The first-order valence-corrected chi connectivity index (χ1v) is 11.9. The highest BCUT2D eigenvalue weighted by Gasteiger charge is 2.34. The summed E-state index contributed by atoms with van der Waals surface area (Å²) < 4.78 is 34.4. The van der Waals surface area contributed by atoms with Gasteiger partial charge in [-0.2, -0.15) is 0 Å². The van der Waals surface area contributed by atoms with Gasteiger partial charge in [-0.25, -0.2) is 4.57 Å². The average molecular weight is 449 g/mol. The lowest BCUT2D eigenvalue weighted by Gasteiger charge is -2.18. The van der Waals surface area contributed by atoms with E-state index in [1.54, 1.807) is 33.1 Å². The van der Waals surface area contributed by atoms with Crippen LogP contribution in [0.4, 0.5) is 10.5 Å².